The van der Waals surface area contributed by atoms with Crippen LogP contribution < -0.4 is 4.74 Å². The van der Waals surface area contributed by atoms with E-state index in [4.69, 9.17) is 21.4 Å². The fourth-order valence-corrected chi connectivity index (χ4v) is 2.13. The summed E-state index contributed by atoms with van der Waals surface area (Å²) in [5.74, 6) is -0.331. The Labute approximate surface area is 122 Å². The lowest BCUT2D eigenvalue weighted by molar-refractivity contribution is 0.0694. The maximum Gasteiger partial charge on any atom is 0.339 e. The van der Waals surface area contributed by atoms with Crippen molar-refractivity contribution in [3.05, 3.63) is 56.6 Å². The molecule has 0 unspecified atom stereocenters. The second-order valence-corrected chi connectivity index (χ2v) is 5.02. The second-order valence-electron chi connectivity index (χ2n) is 3.45. The zero-order chi connectivity index (χ0) is 13.1. The fourth-order valence-electron chi connectivity index (χ4n) is 1.42. The highest BCUT2D eigenvalue weighted by Gasteiger charge is 2.16. The zero-order valence-electron chi connectivity index (χ0n) is 9.06. The van der Waals surface area contributed by atoms with Crippen molar-refractivity contribution in [2.45, 2.75) is 0 Å². The molecule has 0 saturated heterocycles. The van der Waals surface area contributed by atoms with Crippen LogP contribution in [-0.4, -0.2) is 11.1 Å². The van der Waals surface area contributed by atoms with Gasteiger partial charge in [-0.05, 0) is 46.9 Å². The summed E-state index contributed by atoms with van der Waals surface area (Å²) >= 11 is 8.10. The SMILES string of the molecule is O=C(O)c1cccc(Cl)c1Oc1ccccc1I. The van der Waals surface area contributed by atoms with Crippen molar-refractivity contribution < 1.29 is 14.6 Å². The number of hydrogen-bond donors (Lipinski definition) is 1. The summed E-state index contributed by atoms with van der Waals surface area (Å²) in [4.78, 5) is 11.1. The molecule has 2 aromatic carbocycles. The van der Waals surface area contributed by atoms with Gasteiger partial charge in [-0.25, -0.2) is 4.79 Å². The molecule has 5 heteroatoms. The van der Waals surface area contributed by atoms with E-state index in [1.54, 1.807) is 18.2 Å². The van der Waals surface area contributed by atoms with E-state index in [0.29, 0.717) is 5.75 Å². The summed E-state index contributed by atoms with van der Waals surface area (Å²) in [5, 5.41) is 9.37. The van der Waals surface area contributed by atoms with Gasteiger partial charge in [-0.1, -0.05) is 29.8 Å². The molecule has 18 heavy (non-hydrogen) atoms. The molecule has 2 aromatic rings. The lowest BCUT2D eigenvalue weighted by Gasteiger charge is -2.11. The average Bonchev–Trinajstić information content (AvgIpc) is 2.34. The van der Waals surface area contributed by atoms with E-state index in [1.807, 2.05) is 18.2 Å². The molecule has 0 bridgehead atoms. The largest absolute Gasteiger partial charge is 0.478 e. The van der Waals surface area contributed by atoms with Crippen molar-refractivity contribution in [3.8, 4) is 11.5 Å². The van der Waals surface area contributed by atoms with Gasteiger partial charge < -0.3 is 9.84 Å². The van der Waals surface area contributed by atoms with Crippen LogP contribution in [0.25, 0.3) is 0 Å². The molecule has 0 aliphatic heterocycles. The molecule has 0 heterocycles. The first-order valence-corrected chi connectivity index (χ1v) is 6.49. The normalized spacial score (nSPS) is 10.1. The Morgan fingerprint density at radius 1 is 1.17 bits per heavy atom. The highest BCUT2D eigenvalue weighted by Crippen LogP contribution is 2.34. The number of rotatable bonds is 3. The smallest absolute Gasteiger partial charge is 0.339 e. The maximum atomic E-state index is 11.1. The van der Waals surface area contributed by atoms with Gasteiger partial charge in [-0.2, -0.15) is 0 Å². The van der Waals surface area contributed by atoms with E-state index < -0.39 is 5.97 Å². The molecular formula is C13H8ClIO3. The van der Waals surface area contributed by atoms with E-state index in [2.05, 4.69) is 22.6 Å². The van der Waals surface area contributed by atoms with Gasteiger partial charge in [-0.3, -0.25) is 0 Å². The molecule has 0 aliphatic rings. The first-order chi connectivity index (χ1) is 8.59. The van der Waals surface area contributed by atoms with Crippen LogP contribution in [0.1, 0.15) is 10.4 Å². The summed E-state index contributed by atoms with van der Waals surface area (Å²) < 4.78 is 6.49. The summed E-state index contributed by atoms with van der Waals surface area (Å²) in [6.07, 6.45) is 0. The van der Waals surface area contributed by atoms with Crippen LogP contribution in [0, 0.1) is 3.57 Å². The molecule has 92 valence electrons. The highest BCUT2D eigenvalue weighted by molar-refractivity contribution is 14.1. The average molecular weight is 375 g/mol. The quantitative estimate of drug-likeness (QED) is 0.808. The number of benzene rings is 2. The van der Waals surface area contributed by atoms with Crippen molar-refractivity contribution in [1.82, 2.24) is 0 Å². The monoisotopic (exact) mass is 374 g/mol. The third kappa shape index (κ3) is 2.76. The Morgan fingerprint density at radius 2 is 1.89 bits per heavy atom. The molecule has 0 aliphatic carbocycles. The predicted octanol–water partition coefficient (Wildman–Crippen LogP) is 4.44. The van der Waals surface area contributed by atoms with Gasteiger partial charge in [0.25, 0.3) is 0 Å². The van der Waals surface area contributed by atoms with Crippen LogP contribution in [0.3, 0.4) is 0 Å². The lowest BCUT2D eigenvalue weighted by Crippen LogP contribution is -2.00. The number of carboxylic acids is 1. The van der Waals surface area contributed by atoms with Crippen molar-refractivity contribution in [1.29, 1.82) is 0 Å². The number of ether oxygens (including phenoxy) is 1. The van der Waals surface area contributed by atoms with Crippen molar-refractivity contribution in [3.63, 3.8) is 0 Å². The molecule has 0 fully saturated rings. The van der Waals surface area contributed by atoms with Gasteiger partial charge >= 0.3 is 5.97 Å². The van der Waals surface area contributed by atoms with Gasteiger partial charge in [0.2, 0.25) is 0 Å². The van der Waals surface area contributed by atoms with E-state index in [0.717, 1.165) is 3.57 Å². The van der Waals surface area contributed by atoms with Crippen LogP contribution in [0.5, 0.6) is 11.5 Å². The van der Waals surface area contributed by atoms with Crippen molar-refractivity contribution >= 4 is 40.2 Å². The topological polar surface area (TPSA) is 46.5 Å². The van der Waals surface area contributed by atoms with Crippen LogP contribution in [0.2, 0.25) is 5.02 Å². The Morgan fingerprint density at radius 3 is 2.56 bits per heavy atom. The molecule has 0 amide bonds. The molecule has 0 spiro atoms. The molecule has 0 radical (unpaired) electrons. The van der Waals surface area contributed by atoms with Crippen molar-refractivity contribution in [2.75, 3.05) is 0 Å². The molecule has 2 rings (SSSR count). The minimum atomic E-state index is -1.07. The minimum absolute atomic E-state index is 0.0437. The first-order valence-electron chi connectivity index (χ1n) is 5.04. The summed E-state index contributed by atoms with van der Waals surface area (Å²) in [5.41, 5.74) is 0.0437. The summed E-state index contributed by atoms with van der Waals surface area (Å²) in [6.45, 7) is 0. The fraction of sp³-hybridized carbons (Fsp3) is 0. The van der Waals surface area contributed by atoms with Gasteiger partial charge in [0.15, 0.2) is 5.75 Å². The number of carboxylic acid groups (broad SMARTS) is 1. The second kappa shape index (κ2) is 5.58. The van der Waals surface area contributed by atoms with E-state index >= 15 is 0 Å². The molecule has 0 aromatic heterocycles. The number of halogens is 2. The molecule has 0 saturated carbocycles. The van der Waals surface area contributed by atoms with E-state index in [9.17, 15) is 4.79 Å². The Balaban J connectivity index is 2.46. The lowest BCUT2D eigenvalue weighted by atomic mass is 10.2. The Bertz CT molecular complexity index is 599. The van der Waals surface area contributed by atoms with Crippen LogP contribution in [-0.2, 0) is 0 Å². The molecule has 1 N–H and O–H groups in total. The van der Waals surface area contributed by atoms with Crippen LogP contribution in [0.4, 0.5) is 0 Å². The van der Waals surface area contributed by atoms with Gasteiger partial charge in [0.05, 0.1) is 8.59 Å². The van der Waals surface area contributed by atoms with Gasteiger partial charge in [-0.15, -0.1) is 0 Å². The number of aromatic carboxylic acids is 1. The Kier molecular flexibility index (Phi) is 4.08. The van der Waals surface area contributed by atoms with Gasteiger partial charge in [0.1, 0.15) is 11.3 Å². The third-order valence-corrected chi connectivity index (χ3v) is 3.43. The van der Waals surface area contributed by atoms with Crippen molar-refractivity contribution in [2.24, 2.45) is 0 Å². The standard InChI is InChI=1S/C13H8ClIO3/c14-9-5-3-4-8(13(16)17)12(9)18-11-7-2-1-6-10(11)15/h1-7H,(H,16,17). The van der Waals surface area contributed by atoms with E-state index in [-0.39, 0.29) is 16.3 Å². The number of carbonyl (C=O) groups is 1. The first kappa shape index (κ1) is 13.2. The molecular weight excluding hydrogens is 366 g/mol. The molecule has 0 atom stereocenters. The van der Waals surface area contributed by atoms with E-state index in [1.165, 1.54) is 6.07 Å². The zero-order valence-corrected chi connectivity index (χ0v) is 12.0. The predicted molar refractivity (Wildman–Crippen MR) is 77.6 cm³/mol. The maximum absolute atomic E-state index is 11.1. The summed E-state index contributed by atoms with van der Waals surface area (Å²) in [6, 6.07) is 11.9. The Hall–Kier alpha value is -1.27. The van der Waals surface area contributed by atoms with Crippen LogP contribution in [0.15, 0.2) is 42.5 Å². The minimum Gasteiger partial charge on any atom is -0.478 e. The van der Waals surface area contributed by atoms with Gasteiger partial charge in [0, 0.05) is 0 Å². The number of hydrogen-bond acceptors (Lipinski definition) is 2. The highest BCUT2D eigenvalue weighted by atomic mass is 127. The molecule has 3 nitrogen and oxygen atoms in total. The number of para-hydroxylation sites is 2. The van der Waals surface area contributed by atoms with Crippen LogP contribution >= 0.6 is 34.2 Å². The third-order valence-electron chi connectivity index (χ3n) is 2.25. The summed E-state index contributed by atoms with van der Waals surface area (Å²) in [7, 11) is 0.